The Balaban J connectivity index is 1.92. The number of hydrogen-bond acceptors (Lipinski definition) is 9. The molecule has 10 nitrogen and oxygen atoms in total. The van der Waals surface area contributed by atoms with Crippen molar-refractivity contribution in [2.75, 3.05) is 35.5 Å². The number of carbonyl (C=O) groups excluding carboxylic acids is 1. The summed E-state index contributed by atoms with van der Waals surface area (Å²) in [5.41, 5.74) is 1.85. The van der Waals surface area contributed by atoms with Crippen LogP contribution in [0.15, 0.2) is 60.7 Å². The number of nitrogens with one attached hydrogen (secondary N) is 1. The minimum Gasteiger partial charge on any atom is -0.493 e. The molecule has 0 aromatic heterocycles. The summed E-state index contributed by atoms with van der Waals surface area (Å²) in [5.74, 6) is 1.62. The van der Waals surface area contributed by atoms with Crippen molar-refractivity contribution in [3.8, 4) is 34.5 Å². The normalized spacial score (nSPS) is 13.1. The van der Waals surface area contributed by atoms with Crippen molar-refractivity contribution in [3.05, 3.63) is 71.8 Å². The molecule has 0 radical (unpaired) electrons. The summed E-state index contributed by atoms with van der Waals surface area (Å²) in [6, 6.07) is 16.8. The lowest BCUT2D eigenvalue weighted by Crippen LogP contribution is -2.41. The van der Waals surface area contributed by atoms with Crippen LogP contribution >= 0.6 is 7.75 Å². The van der Waals surface area contributed by atoms with Gasteiger partial charge in [-0.25, -0.2) is 4.57 Å². The molecule has 0 heterocycles. The quantitative estimate of drug-likeness (QED) is 0.171. The average Bonchev–Trinajstić information content (AvgIpc) is 2.98. The highest BCUT2D eigenvalue weighted by Gasteiger charge is 2.38. The molecule has 2 atom stereocenters. The van der Waals surface area contributed by atoms with E-state index in [1.807, 2.05) is 18.2 Å². The van der Waals surface area contributed by atoms with E-state index in [1.54, 1.807) is 77.6 Å². The van der Waals surface area contributed by atoms with E-state index >= 15 is 0 Å². The molecule has 0 saturated carbocycles. The summed E-state index contributed by atoms with van der Waals surface area (Å²) in [6.45, 7) is 3.59. The van der Waals surface area contributed by atoms with E-state index in [-0.39, 0.29) is 11.7 Å². The van der Waals surface area contributed by atoms with Crippen molar-refractivity contribution in [2.24, 2.45) is 5.92 Å². The monoisotopic (exact) mass is 587 g/mol. The van der Waals surface area contributed by atoms with Gasteiger partial charge in [0.15, 0.2) is 23.0 Å². The fourth-order valence-corrected chi connectivity index (χ4v) is 5.80. The van der Waals surface area contributed by atoms with Gasteiger partial charge in [-0.15, -0.1) is 0 Å². The van der Waals surface area contributed by atoms with E-state index in [9.17, 15) is 9.36 Å². The maximum absolute atomic E-state index is 14.2. The van der Waals surface area contributed by atoms with Crippen molar-refractivity contribution in [3.63, 3.8) is 0 Å². The molecule has 41 heavy (non-hydrogen) atoms. The van der Waals surface area contributed by atoms with Crippen LogP contribution < -0.4 is 33.1 Å². The number of ether oxygens (including phenoxy) is 5. The summed E-state index contributed by atoms with van der Waals surface area (Å²) in [7, 11) is 3.27. The molecule has 0 spiro atoms. The highest BCUT2D eigenvalue weighted by Crippen LogP contribution is 2.48. The molecule has 0 bridgehead atoms. The summed E-state index contributed by atoms with van der Waals surface area (Å²) < 4.78 is 52.8. The summed E-state index contributed by atoms with van der Waals surface area (Å²) >= 11 is 0. The van der Waals surface area contributed by atoms with Gasteiger partial charge in [-0.1, -0.05) is 38.1 Å². The van der Waals surface area contributed by atoms with E-state index in [2.05, 4.69) is 5.09 Å². The summed E-state index contributed by atoms with van der Waals surface area (Å²) in [6.07, 6.45) is 1.24. The Bertz CT molecular complexity index is 1320. The Labute approximate surface area is 241 Å². The molecule has 0 aliphatic heterocycles. The Morgan fingerprint density at radius 1 is 0.732 bits per heavy atom. The van der Waals surface area contributed by atoms with E-state index in [4.69, 9.17) is 32.7 Å². The van der Waals surface area contributed by atoms with Crippen LogP contribution in [0.25, 0.3) is 0 Å². The van der Waals surface area contributed by atoms with Gasteiger partial charge in [-0.05, 0) is 66.3 Å². The van der Waals surface area contributed by atoms with Crippen LogP contribution in [-0.2, 0) is 26.9 Å². The number of esters is 1. The SMILES string of the molecule is COC(=O)[C@H](NP(=O)(Oc1ccccc1)Oc1cc(CCc2cc(OC)c(OC)c(OC)c2)ccc1OC)C(C)C. The lowest BCUT2D eigenvalue weighted by molar-refractivity contribution is -0.143. The van der Waals surface area contributed by atoms with Crippen molar-refractivity contribution < 1.29 is 42.1 Å². The number of carbonyl (C=O) groups is 1. The fraction of sp³-hybridized carbons (Fsp3) is 0.367. The molecule has 222 valence electrons. The minimum absolute atomic E-state index is 0.189. The summed E-state index contributed by atoms with van der Waals surface area (Å²) in [4.78, 5) is 12.5. The van der Waals surface area contributed by atoms with Gasteiger partial charge in [-0.3, -0.25) is 4.79 Å². The van der Waals surface area contributed by atoms with Crippen LogP contribution in [0, 0.1) is 5.92 Å². The Morgan fingerprint density at radius 3 is 1.85 bits per heavy atom. The lowest BCUT2D eigenvalue weighted by atomic mass is 10.0. The second-order valence-corrected chi connectivity index (χ2v) is 11.0. The van der Waals surface area contributed by atoms with Gasteiger partial charge in [0, 0.05) is 0 Å². The maximum atomic E-state index is 14.2. The molecule has 0 fully saturated rings. The van der Waals surface area contributed by atoms with Crippen LogP contribution in [0.5, 0.6) is 34.5 Å². The molecule has 11 heteroatoms. The third-order valence-electron chi connectivity index (χ3n) is 6.26. The Kier molecular flexibility index (Phi) is 11.3. The van der Waals surface area contributed by atoms with Crippen molar-refractivity contribution >= 4 is 13.7 Å². The number of aryl methyl sites for hydroxylation is 2. The number of para-hydroxylation sites is 1. The molecule has 1 unspecified atom stereocenters. The second kappa shape index (κ2) is 14.7. The van der Waals surface area contributed by atoms with Gasteiger partial charge < -0.3 is 32.7 Å². The zero-order valence-electron chi connectivity index (χ0n) is 24.5. The smallest absolute Gasteiger partial charge is 0.493 e. The predicted octanol–water partition coefficient (Wildman–Crippen LogP) is 5.86. The number of hydrogen-bond donors (Lipinski definition) is 1. The number of methoxy groups -OCH3 is 5. The third kappa shape index (κ3) is 8.31. The summed E-state index contributed by atoms with van der Waals surface area (Å²) in [5, 5.41) is 2.78. The van der Waals surface area contributed by atoms with Crippen LogP contribution in [0.2, 0.25) is 0 Å². The third-order valence-corrected chi connectivity index (χ3v) is 7.74. The number of rotatable bonds is 15. The van der Waals surface area contributed by atoms with E-state index in [0.717, 1.165) is 11.1 Å². The molecule has 3 aromatic rings. The molecule has 0 aliphatic rings. The standard InChI is InChI=1S/C30H38NO9P/c1-20(2)28(30(32)38-7)31-41(33,39-23-11-9-8-10-12-23)40-25-17-21(15-16-24(25)34-3)13-14-22-18-26(35-4)29(37-6)27(19-22)36-5/h8-12,15-20,28H,13-14H2,1-7H3,(H,31,33)/t28-,41?/m1/s1. The van der Waals surface area contributed by atoms with Crippen LogP contribution in [-0.4, -0.2) is 47.6 Å². The zero-order chi connectivity index (χ0) is 30.0. The van der Waals surface area contributed by atoms with Crippen molar-refractivity contribution in [1.82, 2.24) is 5.09 Å². The fourth-order valence-electron chi connectivity index (χ4n) is 4.11. The van der Waals surface area contributed by atoms with Crippen LogP contribution in [0.1, 0.15) is 25.0 Å². The Hall–Kier alpha value is -3.88. The van der Waals surface area contributed by atoms with E-state index in [1.165, 1.54) is 14.2 Å². The van der Waals surface area contributed by atoms with Crippen molar-refractivity contribution in [1.29, 1.82) is 0 Å². The first-order valence-electron chi connectivity index (χ1n) is 13.0. The van der Waals surface area contributed by atoms with Gasteiger partial charge in [0.2, 0.25) is 5.75 Å². The molecule has 3 rings (SSSR count). The van der Waals surface area contributed by atoms with Crippen LogP contribution in [0.4, 0.5) is 0 Å². The average molecular weight is 588 g/mol. The van der Waals surface area contributed by atoms with Crippen molar-refractivity contribution in [2.45, 2.75) is 32.7 Å². The number of benzene rings is 3. The Morgan fingerprint density at radius 2 is 1.32 bits per heavy atom. The molecule has 0 amide bonds. The van der Waals surface area contributed by atoms with E-state index in [0.29, 0.717) is 41.6 Å². The topological polar surface area (TPSA) is 111 Å². The first-order valence-corrected chi connectivity index (χ1v) is 14.6. The zero-order valence-corrected chi connectivity index (χ0v) is 25.4. The molecular weight excluding hydrogens is 549 g/mol. The molecule has 0 saturated heterocycles. The van der Waals surface area contributed by atoms with Crippen LogP contribution in [0.3, 0.4) is 0 Å². The van der Waals surface area contributed by atoms with Gasteiger partial charge >= 0.3 is 13.7 Å². The second-order valence-electron chi connectivity index (χ2n) is 9.39. The van der Waals surface area contributed by atoms with Gasteiger partial charge in [0.05, 0.1) is 35.5 Å². The first kappa shape index (κ1) is 31.6. The molecule has 0 aliphatic carbocycles. The maximum Gasteiger partial charge on any atom is 0.513 e. The molecule has 1 N–H and O–H groups in total. The van der Waals surface area contributed by atoms with E-state index < -0.39 is 19.8 Å². The highest BCUT2D eigenvalue weighted by molar-refractivity contribution is 7.52. The minimum atomic E-state index is -4.19. The molecular formula is C30H38NO9P. The lowest BCUT2D eigenvalue weighted by Gasteiger charge is -2.27. The highest BCUT2D eigenvalue weighted by atomic mass is 31.2. The first-order chi connectivity index (χ1) is 19.7. The van der Waals surface area contributed by atoms with Gasteiger partial charge in [-0.2, -0.15) is 5.09 Å². The van der Waals surface area contributed by atoms with Gasteiger partial charge in [0.25, 0.3) is 0 Å². The van der Waals surface area contributed by atoms with Gasteiger partial charge in [0.1, 0.15) is 11.8 Å². The molecule has 3 aromatic carbocycles. The predicted molar refractivity (Wildman–Crippen MR) is 156 cm³/mol. The largest absolute Gasteiger partial charge is 0.513 e.